The van der Waals surface area contributed by atoms with Crippen molar-refractivity contribution in [3.8, 4) is 0 Å². The highest BCUT2D eigenvalue weighted by Gasteiger charge is 2.51. The number of H-pyrrole nitrogens is 1. The Labute approximate surface area is 191 Å². The number of phosphoric acid groups is 1. The molecule has 5 atom stereocenters. The van der Waals surface area contributed by atoms with Gasteiger partial charge in [0.1, 0.15) is 18.3 Å². The van der Waals surface area contributed by atoms with Crippen LogP contribution < -0.4 is 16.2 Å². The number of hydrogen-bond donors (Lipinski definition) is 3. The Morgan fingerprint density at radius 1 is 1.39 bits per heavy atom. The Morgan fingerprint density at radius 3 is 2.82 bits per heavy atom. The summed E-state index contributed by atoms with van der Waals surface area (Å²) in [6, 6.07) is 6.70. The first-order valence-corrected chi connectivity index (χ1v) is 11.9. The monoisotopic (exact) mass is 495 g/mol. The highest BCUT2D eigenvalue weighted by Crippen LogP contribution is 2.50. The summed E-state index contributed by atoms with van der Waals surface area (Å²) in [5.41, 5.74) is 5.62. The van der Waals surface area contributed by atoms with Gasteiger partial charge in [-0.2, -0.15) is 4.98 Å². The summed E-state index contributed by atoms with van der Waals surface area (Å²) in [7, 11) is -4.58. The van der Waals surface area contributed by atoms with Crippen LogP contribution in [0.2, 0.25) is 0 Å². The molecule has 1 aromatic carbocycles. The number of rotatable bonds is 4. The van der Waals surface area contributed by atoms with Crippen molar-refractivity contribution in [3.63, 3.8) is 0 Å². The number of phosphoric ester groups is 1. The van der Waals surface area contributed by atoms with Crippen molar-refractivity contribution in [3.05, 3.63) is 40.2 Å². The van der Waals surface area contributed by atoms with Crippen molar-refractivity contribution in [1.29, 1.82) is 0 Å². The van der Waals surface area contributed by atoms with Gasteiger partial charge in [-0.25, -0.2) is 4.98 Å². The van der Waals surface area contributed by atoms with Crippen LogP contribution in [0.3, 0.4) is 0 Å². The van der Waals surface area contributed by atoms with E-state index in [1.54, 1.807) is 24.3 Å². The van der Waals surface area contributed by atoms with E-state index in [1.165, 1.54) is 11.5 Å². The summed E-state index contributed by atoms with van der Waals surface area (Å²) in [6.07, 6.45) is -4.73. The van der Waals surface area contributed by atoms with Crippen LogP contribution in [-0.4, -0.2) is 55.3 Å². The SMILES string of the molecule is CC(=O)c1ccc(Sc2nc3c(=O)[nH]c(N)nc3n2[C@@H]2OC3COP(=O)([O-])O[C@H]3C2O)cc1.[H+]. The molecule has 2 fully saturated rings. The minimum Gasteiger partial charge on any atom is -0.756 e. The maximum absolute atomic E-state index is 12.4. The van der Waals surface area contributed by atoms with Crippen molar-refractivity contribution < 1.29 is 34.6 Å². The molecule has 174 valence electrons. The molecule has 3 aromatic rings. The minimum atomic E-state index is -4.58. The summed E-state index contributed by atoms with van der Waals surface area (Å²) in [5, 5.41) is 11.1. The normalized spacial score (nSPS) is 29.3. The highest BCUT2D eigenvalue weighted by atomic mass is 32.2. The van der Waals surface area contributed by atoms with Gasteiger partial charge in [0.05, 0.1) is 6.61 Å². The number of carbonyl (C=O) groups is 1. The van der Waals surface area contributed by atoms with Gasteiger partial charge < -0.3 is 29.5 Å². The van der Waals surface area contributed by atoms with Crippen LogP contribution in [0.25, 0.3) is 11.2 Å². The Morgan fingerprint density at radius 2 is 2.12 bits per heavy atom. The van der Waals surface area contributed by atoms with Crippen molar-refractivity contribution in [2.75, 3.05) is 12.3 Å². The maximum Gasteiger partial charge on any atom is 1.00 e. The van der Waals surface area contributed by atoms with Crippen LogP contribution >= 0.6 is 19.6 Å². The van der Waals surface area contributed by atoms with Gasteiger partial charge in [-0.05, 0) is 19.1 Å². The van der Waals surface area contributed by atoms with E-state index in [0.29, 0.717) is 10.5 Å². The number of ether oxygens (including phenoxy) is 1. The number of nitrogens with zero attached hydrogens (tertiary/aromatic N) is 3. The second kappa shape index (κ2) is 8.02. The average Bonchev–Trinajstić information content (AvgIpc) is 3.25. The predicted molar refractivity (Wildman–Crippen MR) is 113 cm³/mol. The van der Waals surface area contributed by atoms with Gasteiger partial charge in [0.25, 0.3) is 13.4 Å². The summed E-state index contributed by atoms with van der Waals surface area (Å²) in [5.74, 6) is -0.266. The van der Waals surface area contributed by atoms with Crippen LogP contribution in [0.1, 0.15) is 24.9 Å². The van der Waals surface area contributed by atoms with Crippen LogP contribution in [0.5, 0.6) is 0 Å². The third-order valence-corrected chi connectivity index (χ3v) is 7.16. The number of Topliss-reactive ketones (excluding diaryl/α,β-unsaturated/α-hetero) is 1. The van der Waals surface area contributed by atoms with Gasteiger partial charge in [0.15, 0.2) is 28.3 Å². The summed E-state index contributed by atoms with van der Waals surface area (Å²) in [4.78, 5) is 47.2. The lowest BCUT2D eigenvalue weighted by molar-refractivity contribution is -0.245. The predicted octanol–water partition coefficient (Wildman–Crippen LogP) is 0.310. The van der Waals surface area contributed by atoms with E-state index >= 15 is 0 Å². The first-order chi connectivity index (χ1) is 15.6. The highest BCUT2D eigenvalue weighted by molar-refractivity contribution is 7.99. The lowest BCUT2D eigenvalue weighted by Crippen LogP contribution is -2.41. The van der Waals surface area contributed by atoms with Gasteiger partial charge in [0, 0.05) is 10.5 Å². The third-order valence-electron chi connectivity index (χ3n) is 5.22. The number of carbonyl (C=O) groups excluding carboxylic acids is 1. The number of anilines is 1. The number of fused-ring (bicyclic) bond motifs is 2. The second-order valence-electron chi connectivity index (χ2n) is 7.44. The fourth-order valence-electron chi connectivity index (χ4n) is 3.69. The van der Waals surface area contributed by atoms with E-state index in [2.05, 4.69) is 19.5 Å². The molecular weight excluding hydrogens is 477 g/mol. The number of aromatic amines is 1. The molecular formula is C18H18N5O8PS. The molecule has 15 heteroatoms. The van der Waals surface area contributed by atoms with E-state index in [9.17, 15) is 24.2 Å². The number of ketones is 1. The van der Waals surface area contributed by atoms with Crippen molar-refractivity contribution in [2.45, 2.75) is 41.5 Å². The number of hydrogen-bond acceptors (Lipinski definition) is 12. The first-order valence-electron chi connectivity index (χ1n) is 9.67. The summed E-state index contributed by atoms with van der Waals surface area (Å²) < 4.78 is 28.5. The molecule has 0 amide bonds. The molecule has 33 heavy (non-hydrogen) atoms. The zero-order valence-electron chi connectivity index (χ0n) is 17.9. The topological polar surface area (TPSA) is 195 Å². The number of nitrogens with one attached hydrogen (secondary N) is 1. The van der Waals surface area contributed by atoms with E-state index < -0.39 is 37.9 Å². The quantitative estimate of drug-likeness (QED) is 0.332. The maximum atomic E-state index is 12.4. The zero-order chi connectivity index (χ0) is 23.5. The van der Waals surface area contributed by atoms with Crippen molar-refractivity contribution in [1.82, 2.24) is 19.5 Å². The van der Waals surface area contributed by atoms with Gasteiger partial charge >= 0.3 is 1.43 Å². The van der Waals surface area contributed by atoms with E-state index in [1.807, 2.05) is 0 Å². The van der Waals surface area contributed by atoms with Crippen LogP contribution in [0, 0.1) is 0 Å². The fraction of sp³-hybridized carbons (Fsp3) is 0.333. The summed E-state index contributed by atoms with van der Waals surface area (Å²) in [6.45, 7) is 1.12. The molecule has 0 radical (unpaired) electrons. The first kappa shape index (κ1) is 22.2. The lowest BCUT2D eigenvalue weighted by Gasteiger charge is -2.34. The smallest absolute Gasteiger partial charge is 0.756 e. The molecule has 2 aromatic heterocycles. The zero-order valence-corrected chi connectivity index (χ0v) is 18.6. The van der Waals surface area contributed by atoms with Crippen molar-refractivity contribution in [2.24, 2.45) is 0 Å². The molecule has 0 spiro atoms. The molecule has 0 saturated carbocycles. The number of aliphatic hydroxyl groups excluding tert-OH is 1. The molecule has 13 nitrogen and oxygen atoms in total. The fourth-order valence-corrected chi connectivity index (χ4v) is 5.54. The second-order valence-corrected chi connectivity index (χ2v) is 9.84. The largest absolute Gasteiger partial charge is 1.00 e. The molecule has 0 aliphatic carbocycles. The van der Waals surface area contributed by atoms with E-state index in [0.717, 1.165) is 11.8 Å². The molecule has 2 aliphatic rings. The van der Waals surface area contributed by atoms with Gasteiger partial charge in [0.2, 0.25) is 5.95 Å². The molecule has 5 rings (SSSR count). The standard InChI is InChI=1S/C18H18N5O8PS/c1-7(24)8-2-4-9(5-3-8)33-18-20-11-14(21-17(19)22-15(11)26)23(18)16-12(25)13-10(30-16)6-29-32(27,28)31-13/h2-5,10,12-13,16,25H,6H2,1H3,(H,27,28)(H3,19,21,22,26)/t10?,12?,13-,16-/m1/s1. The third kappa shape index (κ3) is 3.99. The van der Waals surface area contributed by atoms with Crippen LogP contribution in [0.4, 0.5) is 5.95 Å². The van der Waals surface area contributed by atoms with E-state index in [4.69, 9.17) is 15.0 Å². The van der Waals surface area contributed by atoms with E-state index in [-0.39, 0.29) is 36.1 Å². The number of nitrogens with two attached hydrogens (primary N) is 1. The molecule has 4 N–H and O–H groups in total. The Bertz CT molecular complexity index is 1360. The Balaban J connectivity index is 0.00000274. The van der Waals surface area contributed by atoms with Gasteiger partial charge in [-0.15, -0.1) is 0 Å². The summed E-state index contributed by atoms with van der Waals surface area (Å²) >= 11 is 1.12. The van der Waals surface area contributed by atoms with Crippen LogP contribution in [-0.2, 0) is 18.3 Å². The van der Waals surface area contributed by atoms with Crippen molar-refractivity contribution >= 4 is 42.5 Å². The average molecular weight is 495 g/mol. The Kier molecular flexibility index (Phi) is 5.40. The van der Waals surface area contributed by atoms with Crippen LogP contribution in [0.15, 0.2) is 39.1 Å². The van der Waals surface area contributed by atoms with Gasteiger partial charge in [-0.3, -0.25) is 23.7 Å². The molecule has 2 aliphatic heterocycles. The lowest BCUT2D eigenvalue weighted by atomic mass is 10.1. The van der Waals surface area contributed by atoms with Gasteiger partial charge in [-0.1, -0.05) is 23.9 Å². The molecule has 0 bridgehead atoms. The minimum absolute atomic E-state index is 0. The number of aliphatic hydroxyl groups is 1. The molecule has 3 unspecified atom stereocenters. The number of imidazole rings is 1. The molecule has 4 heterocycles. The number of aromatic nitrogens is 4. The molecule has 2 saturated heterocycles. The Hall–Kier alpha value is -2.58. The number of nitrogen functional groups attached to an aromatic ring is 1. The number of benzene rings is 1.